The highest BCUT2D eigenvalue weighted by Crippen LogP contribution is 2.48. The summed E-state index contributed by atoms with van der Waals surface area (Å²) < 4.78 is 0. The lowest BCUT2D eigenvalue weighted by Gasteiger charge is -2.38. The van der Waals surface area contributed by atoms with Gasteiger partial charge < -0.3 is 10.0 Å². The molecule has 3 rings (SSSR count). The monoisotopic (exact) mass is 251 g/mol. The number of hydrogen-bond donors (Lipinski definition) is 1. The molecule has 0 atom stereocenters. The zero-order valence-electron chi connectivity index (χ0n) is 11.3. The smallest absolute Gasteiger partial charge is 0.225 e. The molecule has 0 radical (unpaired) electrons. The van der Waals surface area contributed by atoms with E-state index >= 15 is 0 Å². The summed E-state index contributed by atoms with van der Waals surface area (Å²) >= 11 is 0. The molecule has 0 aromatic rings. The van der Waals surface area contributed by atoms with E-state index in [1.54, 1.807) is 0 Å². The van der Waals surface area contributed by atoms with Gasteiger partial charge in [-0.25, -0.2) is 0 Å². The van der Waals surface area contributed by atoms with E-state index in [0.717, 1.165) is 38.8 Å². The number of amides is 1. The van der Waals surface area contributed by atoms with Crippen molar-refractivity contribution in [2.45, 2.75) is 69.8 Å². The number of carbonyl (C=O) groups is 1. The Bertz CT molecular complexity index is 329. The van der Waals surface area contributed by atoms with Gasteiger partial charge in [-0.05, 0) is 37.5 Å². The van der Waals surface area contributed by atoms with E-state index in [2.05, 4.69) is 0 Å². The van der Waals surface area contributed by atoms with Crippen LogP contribution in [-0.4, -0.2) is 34.6 Å². The predicted octanol–water partition coefficient (Wildman–Crippen LogP) is 2.47. The van der Waals surface area contributed by atoms with Crippen molar-refractivity contribution < 1.29 is 9.90 Å². The number of likely N-dealkylation sites (tertiary alicyclic amines) is 1. The summed E-state index contributed by atoms with van der Waals surface area (Å²) in [6.07, 6.45) is 10.5. The van der Waals surface area contributed by atoms with Crippen LogP contribution < -0.4 is 0 Å². The van der Waals surface area contributed by atoms with Crippen LogP contribution >= 0.6 is 0 Å². The van der Waals surface area contributed by atoms with Crippen molar-refractivity contribution in [3.8, 4) is 0 Å². The third-order valence-corrected chi connectivity index (χ3v) is 5.47. The van der Waals surface area contributed by atoms with E-state index in [9.17, 15) is 9.90 Å². The zero-order valence-corrected chi connectivity index (χ0v) is 11.3. The molecule has 1 spiro atoms. The molecule has 1 saturated heterocycles. The molecule has 0 unspecified atom stereocenters. The third-order valence-electron chi connectivity index (χ3n) is 5.47. The fourth-order valence-electron chi connectivity index (χ4n) is 4.01. The normalized spacial score (nSPS) is 29.3. The fourth-order valence-corrected chi connectivity index (χ4v) is 4.01. The summed E-state index contributed by atoms with van der Waals surface area (Å²) in [7, 11) is 0. The summed E-state index contributed by atoms with van der Waals surface area (Å²) in [4.78, 5) is 14.3. The predicted molar refractivity (Wildman–Crippen MR) is 70.1 cm³/mol. The summed E-state index contributed by atoms with van der Waals surface area (Å²) in [5.41, 5.74) is -0.213. The van der Waals surface area contributed by atoms with Gasteiger partial charge in [0.05, 0.1) is 12.0 Å². The van der Waals surface area contributed by atoms with Crippen LogP contribution in [-0.2, 0) is 4.79 Å². The van der Waals surface area contributed by atoms with E-state index in [1.165, 1.54) is 32.1 Å². The van der Waals surface area contributed by atoms with Gasteiger partial charge in [-0.2, -0.15) is 0 Å². The Labute approximate surface area is 110 Å². The summed E-state index contributed by atoms with van der Waals surface area (Å²) in [5.74, 6) is 0.197. The zero-order chi connectivity index (χ0) is 12.6. The van der Waals surface area contributed by atoms with Crippen LogP contribution in [0, 0.1) is 5.41 Å². The van der Waals surface area contributed by atoms with Gasteiger partial charge in [-0.3, -0.25) is 4.79 Å². The van der Waals surface area contributed by atoms with Crippen molar-refractivity contribution in [1.82, 2.24) is 4.90 Å². The molecule has 2 aliphatic carbocycles. The average Bonchev–Trinajstić information content (AvgIpc) is 2.74. The maximum atomic E-state index is 12.3. The Morgan fingerprint density at radius 1 is 1.00 bits per heavy atom. The molecule has 3 heteroatoms. The second kappa shape index (κ2) is 4.52. The van der Waals surface area contributed by atoms with Crippen molar-refractivity contribution in [3.63, 3.8) is 0 Å². The molecular formula is C15H25NO2. The number of hydrogen-bond acceptors (Lipinski definition) is 2. The molecule has 3 nitrogen and oxygen atoms in total. The summed E-state index contributed by atoms with van der Waals surface area (Å²) in [6.45, 7) is 1.89. The first-order chi connectivity index (χ1) is 8.61. The topological polar surface area (TPSA) is 40.5 Å². The van der Waals surface area contributed by atoms with Gasteiger partial charge in [0.2, 0.25) is 5.91 Å². The molecule has 0 bridgehead atoms. The van der Waals surface area contributed by atoms with Crippen molar-refractivity contribution in [2.24, 2.45) is 5.41 Å². The van der Waals surface area contributed by atoms with Crippen molar-refractivity contribution in [2.75, 3.05) is 13.1 Å². The lowest BCUT2D eigenvalue weighted by molar-refractivity contribution is -0.137. The van der Waals surface area contributed by atoms with E-state index in [4.69, 9.17) is 0 Å². The van der Waals surface area contributed by atoms with Crippen LogP contribution in [0.1, 0.15) is 64.2 Å². The fraction of sp³-hybridized carbons (Fsp3) is 0.933. The molecule has 18 heavy (non-hydrogen) atoms. The lowest BCUT2D eigenvalue weighted by atomic mass is 9.68. The van der Waals surface area contributed by atoms with Crippen LogP contribution in [0.2, 0.25) is 0 Å². The number of nitrogens with zero attached hydrogens (tertiary/aromatic N) is 1. The van der Waals surface area contributed by atoms with Crippen LogP contribution in [0.4, 0.5) is 0 Å². The highest BCUT2D eigenvalue weighted by atomic mass is 16.3. The van der Waals surface area contributed by atoms with Crippen molar-refractivity contribution in [1.29, 1.82) is 0 Å². The Morgan fingerprint density at radius 2 is 1.72 bits per heavy atom. The molecule has 3 fully saturated rings. The van der Waals surface area contributed by atoms with Gasteiger partial charge in [0.15, 0.2) is 0 Å². The minimum Gasteiger partial charge on any atom is -0.389 e. The molecule has 2 saturated carbocycles. The molecule has 3 aliphatic rings. The number of carbonyl (C=O) groups excluding carboxylic acids is 1. The highest BCUT2D eigenvalue weighted by Gasteiger charge is 2.45. The summed E-state index contributed by atoms with van der Waals surface area (Å²) in [6, 6.07) is 0. The Morgan fingerprint density at radius 3 is 2.28 bits per heavy atom. The van der Waals surface area contributed by atoms with E-state index in [1.807, 2.05) is 4.90 Å². The maximum Gasteiger partial charge on any atom is 0.225 e. The maximum absolute atomic E-state index is 12.3. The minimum atomic E-state index is -0.690. The molecule has 0 aromatic carbocycles. The van der Waals surface area contributed by atoms with Gasteiger partial charge in [0.1, 0.15) is 0 Å². The van der Waals surface area contributed by atoms with Crippen LogP contribution in [0.15, 0.2) is 0 Å². The van der Waals surface area contributed by atoms with Crippen LogP contribution in [0.25, 0.3) is 0 Å². The molecule has 1 aliphatic heterocycles. The number of aliphatic hydroxyl groups is 1. The Hall–Kier alpha value is -0.570. The van der Waals surface area contributed by atoms with Gasteiger partial charge in [-0.1, -0.05) is 25.7 Å². The SMILES string of the molecule is O=C(CC1(O)CCCCC1)N1CCC2(CCC2)C1. The molecule has 1 amide bonds. The Balaban J connectivity index is 1.55. The van der Waals surface area contributed by atoms with E-state index in [-0.39, 0.29) is 5.91 Å². The van der Waals surface area contributed by atoms with Gasteiger partial charge in [0, 0.05) is 13.1 Å². The second-order valence-electron chi connectivity index (χ2n) is 6.88. The lowest BCUT2D eigenvalue weighted by Crippen LogP contribution is -2.41. The van der Waals surface area contributed by atoms with E-state index in [0.29, 0.717) is 11.8 Å². The van der Waals surface area contributed by atoms with Crippen molar-refractivity contribution in [3.05, 3.63) is 0 Å². The minimum absolute atomic E-state index is 0.197. The third kappa shape index (κ3) is 2.29. The number of rotatable bonds is 2. The molecular weight excluding hydrogens is 226 g/mol. The quantitative estimate of drug-likeness (QED) is 0.819. The largest absolute Gasteiger partial charge is 0.389 e. The van der Waals surface area contributed by atoms with Gasteiger partial charge >= 0.3 is 0 Å². The molecule has 102 valence electrons. The van der Waals surface area contributed by atoms with Crippen LogP contribution in [0.3, 0.4) is 0 Å². The van der Waals surface area contributed by atoms with E-state index < -0.39 is 5.60 Å². The van der Waals surface area contributed by atoms with Gasteiger partial charge in [-0.15, -0.1) is 0 Å². The highest BCUT2D eigenvalue weighted by molar-refractivity contribution is 5.77. The first-order valence-corrected chi connectivity index (χ1v) is 7.61. The molecule has 1 N–H and O–H groups in total. The molecule has 1 heterocycles. The summed E-state index contributed by atoms with van der Waals surface area (Å²) in [5, 5.41) is 10.5. The molecule has 0 aromatic heterocycles. The van der Waals surface area contributed by atoms with Crippen LogP contribution in [0.5, 0.6) is 0 Å². The van der Waals surface area contributed by atoms with Gasteiger partial charge in [0.25, 0.3) is 0 Å². The average molecular weight is 251 g/mol. The Kier molecular flexibility index (Phi) is 3.13. The first kappa shape index (κ1) is 12.5. The van der Waals surface area contributed by atoms with Crippen molar-refractivity contribution >= 4 is 5.91 Å². The second-order valence-corrected chi connectivity index (χ2v) is 6.88. The standard InChI is InChI=1S/C15H25NO2/c17-13(11-15(18)7-2-1-3-8-15)16-10-9-14(12-16)5-4-6-14/h18H,1-12H2. The first-order valence-electron chi connectivity index (χ1n) is 7.61.